The van der Waals surface area contributed by atoms with Crippen molar-refractivity contribution in [2.45, 2.75) is 6.92 Å². The van der Waals surface area contributed by atoms with E-state index in [-0.39, 0.29) is 17.9 Å². The number of carbonyl (C=O) groups is 3. The molecule has 2 rings (SSSR count). The van der Waals surface area contributed by atoms with Gasteiger partial charge in [-0.15, -0.1) is 0 Å². The summed E-state index contributed by atoms with van der Waals surface area (Å²) in [6.45, 7) is 2.82. The maximum absolute atomic E-state index is 12.1. The third-order valence-corrected chi connectivity index (χ3v) is 3.78. The summed E-state index contributed by atoms with van der Waals surface area (Å²) in [5.41, 5.74) is -0.236. The molecule has 1 saturated heterocycles. The van der Waals surface area contributed by atoms with Crippen LogP contribution in [0.4, 0.5) is 10.5 Å². The molecule has 0 spiro atoms. The Bertz CT molecular complexity index is 699. The van der Waals surface area contributed by atoms with E-state index in [0.29, 0.717) is 26.2 Å². The second kappa shape index (κ2) is 8.79. The first-order valence-electron chi connectivity index (χ1n) is 8.03. The largest absolute Gasteiger partial charge is 0.452 e. The van der Waals surface area contributed by atoms with Gasteiger partial charge in [0.1, 0.15) is 0 Å². The molecule has 1 fully saturated rings. The highest BCUT2D eigenvalue weighted by molar-refractivity contribution is 5.92. The fraction of sp³-hybridized carbons (Fsp3) is 0.438. The SMILES string of the molecule is CCOC(=O)N1CCN(C(=O)COC(=O)c2cccc([N+](=O)[O-])c2)CC1. The molecule has 0 bridgehead atoms. The van der Waals surface area contributed by atoms with Crippen molar-refractivity contribution in [1.82, 2.24) is 9.80 Å². The third kappa shape index (κ3) is 4.91. The molecule has 1 aliphatic rings. The number of ether oxygens (including phenoxy) is 2. The van der Waals surface area contributed by atoms with Gasteiger partial charge in [0.25, 0.3) is 11.6 Å². The predicted molar refractivity (Wildman–Crippen MR) is 88.6 cm³/mol. The van der Waals surface area contributed by atoms with Gasteiger partial charge in [-0.05, 0) is 13.0 Å². The molecule has 0 N–H and O–H groups in total. The van der Waals surface area contributed by atoms with Crippen LogP contribution in [0, 0.1) is 10.1 Å². The third-order valence-electron chi connectivity index (χ3n) is 3.78. The van der Waals surface area contributed by atoms with Gasteiger partial charge in [-0.2, -0.15) is 0 Å². The standard InChI is InChI=1S/C16H19N3O7/c1-2-25-16(22)18-8-6-17(7-9-18)14(20)11-26-15(21)12-4-3-5-13(10-12)19(23)24/h3-5,10H,2,6-9,11H2,1H3. The summed E-state index contributed by atoms with van der Waals surface area (Å²) in [5, 5.41) is 10.7. The molecule has 0 aromatic heterocycles. The second-order valence-electron chi connectivity index (χ2n) is 5.45. The summed E-state index contributed by atoms with van der Waals surface area (Å²) in [6, 6.07) is 5.08. The first kappa shape index (κ1) is 19.2. The number of hydrogen-bond donors (Lipinski definition) is 0. The molecule has 0 radical (unpaired) electrons. The minimum atomic E-state index is -0.813. The van der Waals surface area contributed by atoms with Crippen molar-refractivity contribution in [2.24, 2.45) is 0 Å². The summed E-state index contributed by atoms with van der Waals surface area (Å²) < 4.78 is 9.83. The van der Waals surface area contributed by atoms with Gasteiger partial charge < -0.3 is 19.3 Å². The molecule has 1 heterocycles. The van der Waals surface area contributed by atoms with Crippen LogP contribution in [0.3, 0.4) is 0 Å². The van der Waals surface area contributed by atoms with Crippen LogP contribution in [0.25, 0.3) is 0 Å². The molecule has 0 saturated carbocycles. The molecule has 1 aliphatic heterocycles. The van der Waals surface area contributed by atoms with Gasteiger partial charge in [-0.3, -0.25) is 14.9 Å². The first-order valence-corrected chi connectivity index (χ1v) is 8.03. The van der Waals surface area contributed by atoms with E-state index in [1.807, 2.05) is 0 Å². The highest BCUT2D eigenvalue weighted by atomic mass is 16.6. The van der Waals surface area contributed by atoms with E-state index >= 15 is 0 Å². The molecule has 0 unspecified atom stereocenters. The number of esters is 1. The van der Waals surface area contributed by atoms with Gasteiger partial charge in [-0.1, -0.05) is 6.07 Å². The maximum atomic E-state index is 12.1. The minimum Gasteiger partial charge on any atom is -0.452 e. The minimum absolute atomic E-state index is 0.000805. The summed E-state index contributed by atoms with van der Waals surface area (Å²) >= 11 is 0. The van der Waals surface area contributed by atoms with Crippen LogP contribution in [0.2, 0.25) is 0 Å². The van der Waals surface area contributed by atoms with Gasteiger partial charge in [0.15, 0.2) is 6.61 Å². The van der Waals surface area contributed by atoms with E-state index in [9.17, 15) is 24.5 Å². The second-order valence-corrected chi connectivity index (χ2v) is 5.45. The number of hydrogen-bond acceptors (Lipinski definition) is 7. The van der Waals surface area contributed by atoms with E-state index in [0.717, 1.165) is 6.07 Å². The molecule has 2 amide bonds. The fourth-order valence-electron chi connectivity index (χ4n) is 2.40. The normalized spacial score (nSPS) is 13.9. The van der Waals surface area contributed by atoms with Crippen LogP contribution in [0.5, 0.6) is 0 Å². The molecular formula is C16H19N3O7. The highest BCUT2D eigenvalue weighted by Crippen LogP contribution is 2.14. The lowest BCUT2D eigenvalue weighted by Gasteiger charge is -2.33. The van der Waals surface area contributed by atoms with Crippen molar-refractivity contribution >= 4 is 23.7 Å². The Kier molecular flexibility index (Phi) is 6.48. The van der Waals surface area contributed by atoms with Crippen LogP contribution in [-0.2, 0) is 14.3 Å². The molecule has 10 nitrogen and oxygen atoms in total. The quantitative estimate of drug-likeness (QED) is 0.434. The van der Waals surface area contributed by atoms with Gasteiger partial charge in [0.2, 0.25) is 0 Å². The lowest BCUT2D eigenvalue weighted by Crippen LogP contribution is -2.51. The number of piperazine rings is 1. The van der Waals surface area contributed by atoms with Crippen LogP contribution in [0.15, 0.2) is 24.3 Å². The first-order chi connectivity index (χ1) is 12.4. The van der Waals surface area contributed by atoms with Gasteiger partial charge in [0, 0.05) is 38.3 Å². The van der Waals surface area contributed by atoms with Crippen LogP contribution in [-0.4, -0.2) is 72.1 Å². The van der Waals surface area contributed by atoms with Gasteiger partial charge >= 0.3 is 12.1 Å². The Morgan fingerprint density at radius 3 is 2.38 bits per heavy atom. The average Bonchev–Trinajstić information content (AvgIpc) is 2.66. The summed E-state index contributed by atoms with van der Waals surface area (Å²) in [4.78, 5) is 48.7. The van der Waals surface area contributed by atoms with E-state index in [2.05, 4.69) is 0 Å². The summed E-state index contributed by atoms with van der Waals surface area (Å²) in [5.74, 6) is -1.21. The average molecular weight is 365 g/mol. The molecule has 0 atom stereocenters. The number of amides is 2. The van der Waals surface area contributed by atoms with E-state index < -0.39 is 29.5 Å². The Balaban J connectivity index is 1.82. The number of non-ortho nitro benzene ring substituents is 1. The van der Waals surface area contributed by atoms with E-state index in [1.54, 1.807) is 6.92 Å². The molecular weight excluding hydrogens is 346 g/mol. The molecule has 1 aromatic carbocycles. The molecule has 140 valence electrons. The van der Waals surface area contributed by atoms with Crippen molar-refractivity contribution in [3.05, 3.63) is 39.9 Å². The smallest absolute Gasteiger partial charge is 0.409 e. The number of carbonyl (C=O) groups excluding carboxylic acids is 3. The molecule has 26 heavy (non-hydrogen) atoms. The molecule has 1 aromatic rings. The van der Waals surface area contributed by atoms with Crippen molar-refractivity contribution in [3.63, 3.8) is 0 Å². The lowest BCUT2D eigenvalue weighted by molar-refractivity contribution is -0.384. The monoisotopic (exact) mass is 365 g/mol. The van der Waals surface area contributed by atoms with E-state index in [1.165, 1.54) is 28.0 Å². The zero-order valence-electron chi connectivity index (χ0n) is 14.3. The maximum Gasteiger partial charge on any atom is 0.409 e. The Morgan fingerprint density at radius 1 is 1.12 bits per heavy atom. The zero-order chi connectivity index (χ0) is 19.1. The number of benzene rings is 1. The van der Waals surface area contributed by atoms with Crippen molar-refractivity contribution in [3.8, 4) is 0 Å². The Morgan fingerprint density at radius 2 is 1.77 bits per heavy atom. The molecule has 0 aliphatic carbocycles. The van der Waals surface area contributed by atoms with Crippen LogP contribution in [0.1, 0.15) is 17.3 Å². The number of nitro groups is 1. The van der Waals surface area contributed by atoms with Crippen molar-refractivity contribution in [2.75, 3.05) is 39.4 Å². The Hall–Kier alpha value is -3.17. The van der Waals surface area contributed by atoms with Crippen molar-refractivity contribution in [1.29, 1.82) is 0 Å². The number of rotatable bonds is 5. The predicted octanol–water partition coefficient (Wildman–Crippen LogP) is 1.05. The van der Waals surface area contributed by atoms with E-state index in [4.69, 9.17) is 9.47 Å². The summed E-state index contributed by atoms with van der Waals surface area (Å²) in [6.07, 6.45) is -0.420. The highest BCUT2D eigenvalue weighted by Gasteiger charge is 2.25. The lowest BCUT2D eigenvalue weighted by atomic mass is 10.2. The van der Waals surface area contributed by atoms with Crippen molar-refractivity contribution < 1.29 is 28.8 Å². The Labute approximate surface area is 149 Å². The number of nitro benzene ring substituents is 1. The zero-order valence-corrected chi connectivity index (χ0v) is 14.3. The molecule has 10 heteroatoms. The number of nitrogens with zero attached hydrogens (tertiary/aromatic N) is 3. The van der Waals surface area contributed by atoms with Crippen LogP contribution < -0.4 is 0 Å². The summed E-state index contributed by atoms with van der Waals surface area (Å²) in [7, 11) is 0. The topological polar surface area (TPSA) is 119 Å². The van der Waals surface area contributed by atoms with Gasteiger partial charge in [-0.25, -0.2) is 9.59 Å². The van der Waals surface area contributed by atoms with Crippen LogP contribution >= 0.6 is 0 Å². The van der Waals surface area contributed by atoms with Gasteiger partial charge in [0.05, 0.1) is 17.1 Å². The fourth-order valence-corrected chi connectivity index (χ4v) is 2.40.